The first-order chi connectivity index (χ1) is 18.4. The topological polar surface area (TPSA) is 85.5 Å². The van der Waals surface area contributed by atoms with Crippen LogP contribution in [0.25, 0.3) is 11.3 Å². The smallest absolute Gasteiger partial charge is 0.335 e. The van der Waals surface area contributed by atoms with E-state index in [9.17, 15) is 9.90 Å². The molecular weight excluding hydrogens is 500 g/mol. The van der Waals surface area contributed by atoms with Crippen LogP contribution in [0.15, 0.2) is 53.1 Å². The lowest BCUT2D eigenvalue weighted by molar-refractivity contribution is 0.0696. The summed E-state index contributed by atoms with van der Waals surface area (Å²) in [6.07, 6.45) is 5.80. The van der Waals surface area contributed by atoms with Gasteiger partial charge >= 0.3 is 5.97 Å². The van der Waals surface area contributed by atoms with Crippen molar-refractivity contribution in [2.45, 2.75) is 63.4 Å². The number of ether oxygens (including phenoxy) is 1. The van der Waals surface area contributed by atoms with Crippen LogP contribution >= 0.6 is 11.6 Å². The molecule has 2 saturated carbocycles. The van der Waals surface area contributed by atoms with Gasteiger partial charge in [0.2, 0.25) is 5.88 Å². The summed E-state index contributed by atoms with van der Waals surface area (Å²) in [7, 11) is 0. The summed E-state index contributed by atoms with van der Waals surface area (Å²) in [6.45, 7) is 2.32. The summed E-state index contributed by atoms with van der Waals surface area (Å²) in [6, 6.07) is 15.5. The molecule has 6 nitrogen and oxygen atoms in total. The van der Waals surface area contributed by atoms with Gasteiger partial charge < -0.3 is 14.4 Å². The van der Waals surface area contributed by atoms with Crippen LogP contribution in [0.4, 0.5) is 0 Å². The highest BCUT2D eigenvalue weighted by atomic mass is 35.5. The van der Waals surface area contributed by atoms with Gasteiger partial charge in [0.1, 0.15) is 18.1 Å². The van der Waals surface area contributed by atoms with Gasteiger partial charge in [0.15, 0.2) is 0 Å². The Balaban J connectivity index is 1.20. The molecule has 3 aliphatic carbocycles. The van der Waals surface area contributed by atoms with Gasteiger partial charge in [-0.05, 0) is 85.9 Å². The van der Waals surface area contributed by atoms with Gasteiger partial charge in [-0.2, -0.15) is 0 Å². The number of hydrogen-bond donors (Lipinski definition) is 1. The van der Waals surface area contributed by atoms with Crippen molar-refractivity contribution in [1.29, 1.82) is 0 Å². The van der Waals surface area contributed by atoms with Crippen molar-refractivity contribution in [2.24, 2.45) is 0 Å². The second-order valence-corrected chi connectivity index (χ2v) is 11.2. The largest absolute Gasteiger partial charge is 0.478 e. The van der Waals surface area contributed by atoms with E-state index in [0.717, 1.165) is 77.9 Å². The summed E-state index contributed by atoms with van der Waals surface area (Å²) in [5, 5.41) is 14.6. The molecule has 38 heavy (non-hydrogen) atoms. The number of aryl methyl sites for hydroxylation is 3. The number of carboxylic acid groups (broad SMARTS) is 1. The van der Waals surface area contributed by atoms with Crippen molar-refractivity contribution in [3.63, 3.8) is 0 Å². The van der Waals surface area contributed by atoms with Gasteiger partial charge in [0, 0.05) is 28.7 Å². The number of pyridine rings is 1. The third-order valence-corrected chi connectivity index (χ3v) is 8.62. The lowest BCUT2D eigenvalue weighted by Gasteiger charge is -2.20. The molecule has 2 aromatic heterocycles. The first-order valence-corrected chi connectivity index (χ1v) is 13.6. The number of carboxylic acids is 1. The highest BCUT2D eigenvalue weighted by Gasteiger charge is 2.49. The number of aromatic carboxylic acids is 1. The third kappa shape index (κ3) is 3.81. The van der Waals surface area contributed by atoms with E-state index in [1.165, 1.54) is 11.1 Å². The lowest BCUT2D eigenvalue weighted by atomic mass is 9.85. The van der Waals surface area contributed by atoms with Crippen molar-refractivity contribution in [2.75, 3.05) is 0 Å². The minimum Gasteiger partial charge on any atom is -0.478 e. The van der Waals surface area contributed by atoms with Gasteiger partial charge in [-0.1, -0.05) is 41.0 Å². The van der Waals surface area contributed by atoms with Gasteiger partial charge in [0.25, 0.3) is 0 Å². The fourth-order valence-corrected chi connectivity index (χ4v) is 6.34. The molecule has 0 radical (unpaired) electrons. The van der Waals surface area contributed by atoms with E-state index >= 15 is 0 Å². The van der Waals surface area contributed by atoms with Crippen LogP contribution < -0.4 is 4.74 Å². The molecule has 1 spiro atoms. The standard InChI is InChI=1S/C31H27ClN2O4/c1-17-3-2-4-24(32)27(17)28-21(29(38-34-28)19-6-7-19)16-37-26-12-10-22-25(33-26)11-9-18-5-8-20(30(35)36)15-23(18)31(22)13-14-31/h2-5,8,10,12,15,19H,6-7,9,11,13-14,16H2,1H3,(H,35,36). The van der Waals surface area contributed by atoms with Crippen LogP contribution in [0.3, 0.4) is 0 Å². The number of nitrogens with zero attached hydrogens (tertiary/aromatic N) is 2. The minimum absolute atomic E-state index is 0.138. The first kappa shape index (κ1) is 23.5. The Labute approximate surface area is 225 Å². The molecule has 0 amide bonds. The highest BCUT2D eigenvalue weighted by molar-refractivity contribution is 6.33. The van der Waals surface area contributed by atoms with E-state index in [4.69, 9.17) is 25.8 Å². The van der Waals surface area contributed by atoms with Crippen LogP contribution in [-0.4, -0.2) is 21.2 Å². The van der Waals surface area contributed by atoms with E-state index < -0.39 is 5.97 Å². The van der Waals surface area contributed by atoms with Gasteiger partial charge in [-0.25, -0.2) is 9.78 Å². The highest BCUT2D eigenvalue weighted by Crippen LogP contribution is 2.57. The molecule has 0 unspecified atom stereocenters. The predicted octanol–water partition coefficient (Wildman–Crippen LogP) is 7.03. The molecule has 4 aromatic rings. The second kappa shape index (κ2) is 8.70. The Hall–Kier alpha value is -3.64. The predicted molar refractivity (Wildman–Crippen MR) is 143 cm³/mol. The maximum absolute atomic E-state index is 11.6. The SMILES string of the molecule is Cc1cccc(Cl)c1-c1noc(C2CC2)c1COc1ccc2c(n1)CCc1ccc(C(=O)O)cc1C21CC1. The van der Waals surface area contributed by atoms with Gasteiger partial charge in [-0.15, -0.1) is 0 Å². The fourth-order valence-electron chi connectivity index (χ4n) is 6.02. The maximum atomic E-state index is 11.6. The number of benzene rings is 2. The van der Waals surface area contributed by atoms with Crippen LogP contribution in [0.1, 0.15) is 81.2 Å². The lowest BCUT2D eigenvalue weighted by Crippen LogP contribution is -2.13. The Morgan fingerprint density at radius 2 is 1.97 bits per heavy atom. The molecular formula is C31H27ClN2O4. The zero-order valence-electron chi connectivity index (χ0n) is 21.1. The Morgan fingerprint density at radius 1 is 1.13 bits per heavy atom. The normalized spacial score (nSPS) is 17.0. The van der Waals surface area contributed by atoms with Crippen molar-refractivity contribution in [1.82, 2.24) is 10.1 Å². The molecule has 7 heteroatoms. The van der Waals surface area contributed by atoms with E-state index in [2.05, 4.69) is 11.2 Å². The molecule has 7 rings (SSSR count). The summed E-state index contributed by atoms with van der Waals surface area (Å²) >= 11 is 6.58. The van der Waals surface area contributed by atoms with Crippen molar-refractivity contribution in [3.8, 4) is 17.1 Å². The van der Waals surface area contributed by atoms with E-state index in [1.807, 2.05) is 43.3 Å². The number of rotatable bonds is 6. The quantitative estimate of drug-likeness (QED) is 0.290. The van der Waals surface area contributed by atoms with Crippen LogP contribution in [0.5, 0.6) is 5.88 Å². The van der Waals surface area contributed by atoms with Crippen molar-refractivity contribution in [3.05, 3.63) is 98.4 Å². The molecule has 0 atom stereocenters. The van der Waals surface area contributed by atoms with Gasteiger partial charge in [0.05, 0.1) is 16.1 Å². The summed E-state index contributed by atoms with van der Waals surface area (Å²) in [5.41, 5.74) is 8.39. The van der Waals surface area contributed by atoms with Gasteiger partial charge in [-0.3, -0.25) is 0 Å². The number of aromatic nitrogens is 2. The maximum Gasteiger partial charge on any atom is 0.335 e. The Kier molecular flexibility index (Phi) is 5.38. The van der Waals surface area contributed by atoms with E-state index in [0.29, 0.717) is 29.0 Å². The fraction of sp³-hybridized carbons (Fsp3) is 0.323. The average Bonchev–Trinajstić information content (AvgIpc) is 3.84. The molecule has 1 N–H and O–H groups in total. The molecule has 2 fully saturated rings. The monoisotopic (exact) mass is 526 g/mol. The molecule has 2 aromatic carbocycles. The molecule has 3 aliphatic rings. The van der Waals surface area contributed by atoms with Crippen LogP contribution in [0.2, 0.25) is 5.02 Å². The molecule has 192 valence electrons. The molecule has 2 heterocycles. The molecule has 0 aliphatic heterocycles. The molecule has 0 bridgehead atoms. The minimum atomic E-state index is -0.888. The second-order valence-electron chi connectivity index (χ2n) is 10.8. The Morgan fingerprint density at radius 3 is 2.71 bits per heavy atom. The zero-order valence-corrected chi connectivity index (χ0v) is 21.8. The zero-order chi connectivity index (χ0) is 26.0. The van der Waals surface area contributed by atoms with Crippen molar-refractivity contribution < 1.29 is 19.2 Å². The first-order valence-electron chi connectivity index (χ1n) is 13.2. The van der Waals surface area contributed by atoms with E-state index in [-0.39, 0.29) is 5.41 Å². The number of halogens is 1. The summed E-state index contributed by atoms with van der Waals surface area (Å²) < 4.78 is 12.1. The number of fused-ring (bicyclic) bond motifs is 4. The van der Waals surface area contributed by atoms with Crippen molar-refractivity contribution >= 4 is 17.6 Å². The number of carbonyl (C=O) groups is 1. The average molecular weight is 527 g/mol. The number of hydrogen-bond acceptors (Lipinski definition) is 5. The molecule has 0 saturated heterocycles. The van der Waals surface area contributed by atoms with Crippen LogP contribution in [0, 0.1) is 6.92 Å². The third-order valence-electron chi connectivity index (χ3n) is 8.31. The summed E-state index contributed by atoms with van der Waals surface area (Å²) in [5.74, 6) is 0.944. The Bertz CT molecular complexity index is 1580. The van der Waals surface area contributed by atoms with E-state index in [1.54, 1.807) is 6.07 Å². The van der Waals surface area contributed by atoms with Crippen LogP contribution in [-0.2, 0) is 24.9 Å². The summed E-state index contributed by atoms with van der Waals surface area (Å²) in [4.78, 5) is 16.6.